The molecule has 2 heterocycles. The van der Waals surface area contributed by atoms with Crippen LogP contribution in [0.15, 0.2) is 35.3 Å². The van der Waals surface area contributed by atoms with Crippen molar-refractivity contribution in [2.75, 3.05) is 0 Å². The van der Waals surface area contributed by atoms with Gasteiger partial charge in [-0.25, -0.2) is 4.98 Å². The average molecular weight is 233 g/mol. The van der Waals surface area contributed by atoms with Gasteiger partial charge in [-0.2, -0.15) is 0 Å². The summed E-state index contributed by atoms with van der Waals surface area (Å²) in [4.78, 5) is 8.63. The summed E-state index contributed by atoms with van der Waals surface area (Å²) in [5.41, 5.74) is 4.01. The van der Waals surface area contributed by atoms with E-state index in [2.05, 4.69) is 34.5 Å². The number of nitrogens with one attached hydrogen (secondary N) is 1. The summed E-state index contributed by atoms with van der Waals surface area (Å²) in [7, 11) is 0. The van der Waals surface area contributed by atoms with Gasteiger partial charge in [0.2, 0.25) is 0 Å². The Kier molecular flexibility index (Phi) is 3.64. The van der Waals surface area contributed by atoms with Gasteiger partial charge in [0.05, 0.1) is 16.9 Å². The molecule has 0 saturated carbocycles. The fourth-order valence-electron chi connectivity index (χ4n) is 1.61. The van der Waals surface area contributed by atoms with E-state index in [0.29, 0.717) is 0 Å². The number of hydrogen-bond acceptors (Lipinski definition) is 4. The van der Waals surface area contributed by atoms with Crippen molar-refractivity contribution in [3.8, 4) is 0 Å². The monoisotopic (exact) mass is 233 g/mol. The molecule has 2 rings (SSSR count). The molecule has 16 heavy (non-hydrogen) atoms. The normalized spacial score (nSPS) is 14.6. The standard InChI is InChI=1S/C12H15N3S/c1-9(11-5-3-4-6-13-11)15-10(2)12-7-16-8-14-12/h3-10,15H,1-2H3/t9-,10?/m1/s1. The van der Waals surface area contributed by atoms with Gasteiger partial charge in [-0.1, -0.05) is 6.07 Å². The minimum absolute atomic E-state index is 0.234. The zero-order valence-electron chi connectivity index (χ0n) is 9.42. The molecule has 0 aliphatic rings. The van der Waals surface area contributed by atoms with Crippen molar-refractivity contribution in [2.24, 2.45) is 0 Å². The van der Waals surface area contributed by atoms with E-state index in [1.54, 1.807) is 11.3 Å². The van der Waals surface area contributed by atoms with Gasteiger partial charge in [-0.05, 0) is 26.0 Å². The number of nitrogens with zero attached hydrogens (tertiary/aromatic N) is 2. The Balaban J connectivity index is 2.00. The fraction of sp³-hybridized carbons (Fsp3) is 0.333. The lowest BCUT2D eigenvalue weighted by Gasteiger charge is -2.18. The van der Waals surface area contributed by atoms with Crippen molar-refractivity contribution in [3.05, 3.63) is 46.7 Å². The number of thiazole rings is 1. The molecule has 0 spiro atoms. The van der Waals surface area contributed by atoms with E-state index in [1.807, 2.05) is 29.9 Å². The van der Waals surface area contributed by atoms with Crippen molar-refractivity contribution in [1.82, 2.24) is 15.3 Å². The molecule has 0 amide bonds. The second kappa shape index (κ2) is 5.18. The van der Waals surface area contributed by atoms with Gasteiger partial charge in [0.1, 0.15) is 0 Å². The van der Waals surface area contributed by atoms with E-state index in [4.69, 9.17) is 0 Å². The Labute approximate surface area is 99.6 Å². The summed E-state index contributed by atoms with van der Waals surface area (Å²) >= 11 is 1.62. The van der Waals surface area contributed by atoms with Crippen LogP contribution in [0.4, 0.5) is 0 Å². The van der Waals surface area contributed by atoms with Crippen LogP contribution in [0.2, 0.25) is 0 Å². The van der Waals surface area contributed by atoms with Gasteiger partial charge in [0.25, 0.3) is 0 Å². The second-order valence-electron chi connectivity index (χ2n) is 3.78. The van der Waals surface area contributed by atoms with E-state index in [1.165, 1.54) is 0 Å². The SMILES string of the molecule is CC(N[C@H](C)c1ccccn1)c1cscn1. The summed E-state index contributed by atoms with van der Waals surface area (Å²) in [5, 5.41) is 5.55. The Morgan fingerprint density at radius 1 is 1.12 bits per heavy atom. The molecule has 4 heteroatoms. The van der Waals surface area contributed by atoms with Crippen LogP contribution in [0.5, 0.6) is 0 Å². The topological polar surface area (TPSA) is 37.8 Å². The number of pyridine rings is 1. The van der Waals surface area contributed by atoms with Crippen molar-refractivity contribution in [1.29, 1.82) is 0 Å². The maximum atomic E-state index is 4.33. The largest absolute Gasteiger partial charge is 0.301 e. The number of hydrogen-bond donors (Lipinski definition) is 1. The molecule has 0 fully saturated rings. The third-order valence-corrected chi connectivity index (χ3v) is 3.13. The zero-order valence-corrected chi connectivity index (χ0v) is 10.2. The Morgan fingerprint density at radius 2 is 1.94 bits per heavy atom. The summed E-state index contributed by atoms with van der Waals surface area (Å²) < 4.78 is 0. The molecule has 2 atom stereocenters. The van der Waals surface area contributed by atoms with E-state index < -0.39 is 0 Å². The van der Waals surface area contributed by atoms with Gasteiger partial charge >= 0.3 is 0 Å². The van der Waals surface area contributed by atoms with Crippen LogP contribution in [0.25, 0.3) is 0 Å². The molecule has 0 aromatic carbocycles. The van der Waals surface area contributed by atoms with Crippen LogP contribution in [-0.2, 0) is 0 Å². The smallest absolute Gasteiger partial charge is 0.0795 e. The van der Waals surface area contributed by atoms with Crippen molar-refractivity contribution in [2.45, 2.75) is 25.9 Å². The van der Waals surface area contributed by atoms with Gasteiger partial charge in [-0.15, -0.1) is 11.3 Å². The van der Waals surface area contributed by atoms with E-state index in [9.17, 15) is 0 Å². The molecule has 0 saturated heterocycles. The molecule has 0 aliphatic heterocycles. The van der Waals surface area contributed by atoms with Gasteiger partial charge < -0.3 is 5.32 Å². The average Bonchev–Trinajstić information content (AvgIpc) is 2.83. The first-order valence-corrected chi connectivity index (χ1v) is 6.26. The lowest BCUT2D eigenvalue weighted by Crippen LogP contribution is -2.23. The minimum atomic E-state index is 0.234. The minimum Gasteiger partial charge on any atom is -0.301 e. The van der Waals surface area contributed by atoms with Crippen molar-refractivity contribution in [3.63, 3.8) is 0 Å². The molecule has 1 unspecified atom stereocenters. The Morgan fingerprint density at radius 3 is 2.56 bits per heavy atom. The van der Waals surface area contributed by atoms with Gasteiger partial charge in [-0.3, -0.25) is 4.98 Å². The van der Waals surface area contributed by atoms with Crippen LogP contribution in [0, 0.1) is 0 Å². The quantitative estimate of drug-likeness (QED) is 0.882. The van der Waals surface area contributed by atoms with E-state index in [-0.39, 0.29) is 12.1 Å². The third kappa shape index (κ3) is 2.65. The molecule has 0 bridgehead atoms. The lowest BCUT2D eigenvalue weighted by atomic mass is 10.1. The summed E-state index contributed by atoms with van der Waals surface area (Å²) in [5.74, 6) is 0. The second-order valence-corrected chi connectivity index (χ2v) is 4.50. The van der Waals surface area contributed by atoms with Crippen molar-refractivity contribution >= 4 is 11.3 Å². The first kappa shape index (κ1) is 11.2. The highest BCUT2D eigenvalue weighted by Crippen LogP contribution is 2.17. The zero-order chi connectivity index (χ0) is 11.4. The summed E-state index contributed by atoms with van der Waals surface area (Å²) in [6.45, 7) is 4.24. The highest BCUT2D eigenvalue weighted by molar-refractivity contribution is 7.07. The van der Waals surface area contributed by atoms with Crippen LogP contribution >= 0.6 is 11.3 Å². The Bertz CT molecular complexity index is 413. The first-order chi connectivity index (χ1) is 7.77. The highest BCUT2D eigenvalue weighted by Gasteiger charge is 2.12. The molecular weight excluding hydrogens is 218 g/mol. The highest BCUT2D eigenvalue weighted by atomic mass is 32.1. The third-order valence-electron chi connectivity index (χ3n) is 2.53. The fourth-order valence-corrected chi connectivity index (χ4v) is 2.26. The maximum absolute atomic E-state index is 4.33. The van der Waals surface area contributed by atoms with Gasteiger partial charge in [0.15, 0.2) is 0 Å². The van der Waals surface area contributed by atoms with Gasteiger partial charge in [0, 0.05) is 23.7 Å². The molecule has 1 N–H and O–H groups in total. The molecule has 0 aliphatic carbocycles. The summed E-state index contributed by atoms with van der Waals surface area (Å²) in [6, 6.07) is 6.46. The molecule has 2 aromatic heterocycles. The van der Waals surface area contributed by atoms with E-state index in [0.717, 1.165) is 11.4 Å². The maximum Gasteiger partial charge on any atom is 0.0795 e. The number of rotatable bonds is 4. The van der Waals surface area contributed by atoms with E-state index >= 15 is 0 Å². The molecule has 84 valence electrons. The molecular formula is C12H15N3S. The van der Waals surface area contributed by atoms with Crippen LogP contribution in [0.1, 0.15) is 37.3 Å². The number of aromatic nitrogens is 2. The van der Waals surface area contributed by atoms with Crippen molar-refractivity contribution < 1.29 is 0 Å². The lowest BCUT2D eigenvalue weighted by molar-refractivity contribution is 0.480. The van der Waals surface area contributed by atoms with Crippen LogP contribution in [-0.4, -0.2) is 9.97 Å². The summed E-state index contributed by atoms with van der Waals surface area (Å²) in [6.07, 6.45) is 1.82. The Hall–Kier alpha value is -1.26. The molecule has 2 aromatic rings. The van der Waals surface area contributed by atoms with Crippen LogP contribution < -0.4 is 5.32 Å². The predicted octanol–water partition coefficient (Wildman–Crippen LogP) is 2.95. The van der Waals surface area contributed by atoms with Crippen LogP contribution in [0.3, 0.4) is 0 Å². The molecule has 3 nitrogen and oxygen atoms in total. The predicted molar refractivity (Wildman–Crippen MR) is 66.3 cm³/mol. The first-order valence-electron chi connectivity index (χ1n) is 5.32. The molecule has 0 radical (unpaired) electrons.